The highest BCUT2D eigenvalue weighted by Crippen LogP contribution is 2.38. The molecule has 1 aromatic carbocycles. The fourth-order valence-electron chi connectivity index (χ4n) is 3.22. The summed E-state index contributed by atoms with van der Waals surface area (Å²) in [4.78, 5) is 0. The monoisotopic (exact) mass is 348 g/mol. The summed E-state index contributed by atoms with van der Waals surface area (Å²) >= 11 is 3.69. The number of benzene rings is 1. The summed E-state index contributed by atoms with van der Waals surface area (Å²) in [5.74, 6) is 6.32. The van der Waals surface area contributed by atoms with Crippen LogP contribution < -0.4 is 11.3 Å². The maximum absolute atomic E-state index is 5.83. The van der Waals surface area contributed by atoms with Crippen LogP contribution in [0.4, 0.5) is 0 Å². The van der Waals surface area contributed by atoms with E-state index in [-0.39, 0.29) is 6.04 Å². The molecule has 0 radical (unpaired) electrons. The molecule has 4 nitrogen and oxygen atoms in total. The lowest BCUT2D eigenvalue weighted by atomic mass is 9.72. The number of rotatable bonds is 5. The summed E-state index contributed by atoms with van der Waals surface area (Å²) in [6, 6.07) is 8.85. The van der Waals surface area contributed by atoms with Crippen LogP contribution in [-0.4, -0.2) is 15.8 Å². The van der Waals surface area contributed by atoms with Gasteiger partial charge in [-0.05, 0) is 39.9 Å². The van der Waals surface area contributed by atoms with Gasteiger partial charge in [-0.15, -0.1) is 0 Å². The zero-order chi connectivity index (χ0) is 15.0. The smallest absolute Gasteiger partial charge is 0.0766 e. The summed E-state index contributed by atoms with van der Waals surface area (Å²) in [5, 5.41) is 4.56. The minimum absolute atomic E-state index is 0.233. The van der Waals surface area contributed by atoms with Gasteiger partial charge in [0.2, 0.25) is 0 Å². The third-order valence-corrected chi connectivity index (χ3v) is 5.43. The van der Waals surface area contributed by atoms with E-state index in [1.54, 1.807) is 0 Å². The lowest BCUT2D eigenvalue weighted by Crippen LogP contribution is -2.45. The van der Waals surface area contributed by atoms with E-state index in [0.717, 1.165) is 29.4 Å². The number of hydrogen-bond donors (Lipinski definition) is 2. The van der Waals surface area contributed by atoms with Gasteiger partial charge in [0.05, 0.1) is 15.9 Å². The number of aryl methyl sites for hydroxylation is 2. The largest absolute Gasteiger partial charge is 0.271 e. The molecule has 5 heteroatoms. The fourth-order valence-corrected chi connectivity index (χ4v) is 4.00. The van der Waals surface area contributed by atoms with Crippen molar-refractivity contribution >= 4 is 15.9 Å². The molecule has 0 amide bonds. The molecule has 0 saturated heterocycles. The number of hydrazine groups is 1. The molecule has 1 heterocycles. The van der Waals surface area contributed by atoms with Gasteiger partial charge in [0.25, 0.3) is 0 Å². The van der Waals surface area contributed by atoms with Crippen LogP contribution in [0.5, 0.6) is 0 Å². The average Bonchev–Trinajstić information content (AvgIpc) is 2.74. The van der Waals surface area contributed by atoms with Gasteiger partial charge in [-0.25, -0.2) is 0 Å². The second-order valence-electron chi connectivity index (χ2n) is 5.67. The van der Waals surface area contributed by atoms with E-state index in [4.69, 9.17) is 5.84 Å². The summed E-state index contributed by atoms with van der Waals surface area (Å²) < 4.78 is 3.10. The zero-order valence-corrected chi connectivity index (χ0v) is 14.0. The second-order valence-corrected chi connectivity index (χ2v) is 6.46. The Morgan fingerprint density at radius 2 is 2.24 bits per heavy atom. The van der Waals surface area contributed by atoms with Gasteiger partial charge in [0, 0.05) is 25.4 Å². The fraction of sp³-hybridized carbons (Fsp3) is 0.438. The molecule has 2 aromatic rings. The highest BCUT2D eigenvalue weighted by Gasteiger charge is 2.33. The van der Waals surface area contributed by atoms with E-state index in [1.807, 2.05) is 11.7 Å². The highest BCUT2D eigenvalue weighted by atomic mass is 79.9. The molecule has 0 spiro atoms. The van der Waals surface area contributed by atoms with Crippen molar-refractivity contribution in [2.45, 2.75) is 38.1 Å². The standard InChI is InChI=1S/C16H21BrN4/c1-3-13-16(17)15(21(2)20-13)9-14(19-18)12-8-10-6-4-5-7-11(10)12/h4-7,12,14,19H,3,8-9,18H2,1-2H3. The molecule has 0 fully saturated rings. The van der Waals surface area contributed by atoms with Crippen molar-refractivity contribution in [3.8, 4) is 0 Å². The number of hydrogen-bond acceptors (Lipinski definition) is 3. The SMILES string of the molecule is CCc1nn(C)c(CC(NN)C2Cc3ccccc32)c1Br. The number of nitrogens with two attached hydrogens (primary N) is 1. The van der Waals surface area contributed by atoms with E-state index in [2.05, 4.69) is 57.6 Å². The summed E-state index contributed by atoms with van der Waals surface area (Å²) in [6.45, 7) is 2.12. The number of nitrogens with one attached hydrogen (secondary N) is 1. The summed E-state index contributed by atoms with van der Waals surface area (Å²) in [6.07, 6.45) is 2.90. The number of halogens is 1. The van der Waals surface area contributed by atoms with Crippen molar-refractivity contribution in [1.29, 1.82) is 0 Å². The minimum Gasteiger partial charge on any atom is -0.271 e. The van der Waals surface area contributed by atoms with Gasteiger partial charge in [0.15, 0.2) is 0 Å². The van der Waals surface area contributed by atoms with Crippen molar-refractivity contribution in [3.05, 3.63) is 51.3 Å². The molecule has 1 aliphatic rings. The zero-order valence-electron chi connectivity index (χ0n) is 12.4. The summed E-state index contributed by atoms with van der Waals surface area (Å²) in [7, 11) is 2.00. The molecular formula is C16H21BrN4. The Balaban J connectivity index is 1.82. The van der Waals surface area contributed by atoms with Crippen LogP contribution in [0, 0.1) is 0 Å². The van der Waals surface area contributed by atoms with Crippen LogP contribution in [0.1, 0.15) is 35.4 Å². The molecule has 3 N–H and O–H groups in total. The first-order chi connectivity index (χ1) is 10.2. The minimum atomic E-state index is 0.233. The molecule has 1 aromatic heterocycles. The molecule has 21 heavy (non-hydrogen) atoms. The Kier molecular flexibility index (Phi) is 4.15. The number of aromatic nitrogens is 2. The molecule has 0 aliphatic heterocycles. The predicted molar refractivity (Wildman–Crippen MR) is 88.0 cm³/mol. The van der Waals surface area contributed by atoms with E-state index < -0.39 is 0 Å². The Labute approximate surface area is 133 Å². The molecule has 0 saturated carbocycles. The topological polar surface area (TPSA) is 55.9 Å². The van der Waals surface area contributed by atoms with Crippen LogP contribution in [-0.2, 0) is 26.3 Å². The van der Waals surface area contributed by atoms with Crippen LogP contribution in [0.2, 0.25) is 0 Å². The first-order valence-electron chi connectivity index (χ1n) is 7.39. The van der Waals surface area contributed by atoms with Gasteiger partial charge in [-0.2, -0.15) is 5.10 Å². The molecule has 0 bridgehead atoms. The first kappa shape index (κ1) is 14.8. The maximum atomic E-state index is 5.83. The quantitative estimate of drug-likeness (QED) is 0.644. The van der Waals surface area contributed by atoms with Crippen LogP contribution in [0.3, 0.4) is 0 Å². The van der Waals surface area contributed by atoms with E-state index >= 15 is 0 Å². The van der Waals surface area contributed by atoms with E-state index in [1.165, 1.54) is 16.8 Å². The average molecular weight is 349 g/mol. The summed E-state index contributed by atoms with van der Waals surface area (Å²) in [5.41, 5.74) is 8.20. The van der Waals surface area contributed by atoms with Crippen molar-refractivity contribution in [3.63, 3.8) is 0 Å². The first-order valence-corrected chi connectivity index (χ1v) is 8.19. The van der Waals surface area contributed by atoms with Crippen molar-refractivity contribution < 1.29 is 0 Å². The van der Waals surface area contributed by atoms with Gasteiger partial charge in [-0.3, -0.25) is 16.0 Å². The second kappa shape index (κ2) is 5.91. The van der Waals surface area contributed by atoms with Gasteiger partial charge < -0.3 is 0 Å². The Morgan fingerprint density at radius 1 is 1.48 bits per heavy atom. The van der Waals surface area contributed by atoms with Crippen molar-refractivity contribution in [2.75, 3.05) is 0 Å². The lowest BCUT2D eigenvalue weighted by Gasteiger charge is -2.36. The predicted octanol–water partition coefficient (Wildman–Crippen LogP) is 2.46. The Morgan fingerprint density at radius 3 is 2.86 bits per heavy atom. The molecule has 2 atom stereocenters. The van der Waals surface area contributed by atoms with Gasteiger partial charge >= 0.3 is 0 Å². The number of nitrogens with zero attached hydrogens (tertiary/aromatic N) is 2. The van der Waals surface area contributed by atoms with Gasteiger partial charge in [-0.1, -0.05) is 31.2 Å². The molecule has 2 unspecified atom stereocenters. The highest BCUT2D eigenvalue weighted by molar-refractivity contribution is 9.10. The van der Waals surface area contributed by atoms with E-state index in [0.29, 0.717) is 5.92 Å². The Bertz CT molecular complexity index is 650. The van der Waals surface area contributed by atoms with Crippen LogP contribution in [0.25, 0.3) is 0 Å². The molecule has 3 rings (SSSR count). The molecule has 1 aliphatic carbocycles. The van der Waals surface area contributed by atoms with Crippen molar-refractivity contribution in [2.24, 2.45) is 12.9 Å². The number of fused-ring (bicyclic) bond motifs is 1. The Hall–Kier alpha value is -1.17. The molecular weight excluding hydrogens is 328 g/mol. The third-order valence-electron chi connectivity index (χ3n) is 4.51. The van der Waals surface area contributed by atoms with Crippen molar-refractivity contribution in [1.82, 2.24) is 15.2 Å². The normalized spacial score (nSPS) is 18.2. The van der Waals surface area contributed by atoms with E-state index in [9.17, 15) is 0 Å². The molecule has 112 valence electrons. The van der Waals surface area contributed by atoms with Crippen LogP contribution in [0.15, 0.2) is 28.7 Å². The third kappa shape index (κ3) is 2.54. The lowest BCUT2D eigenvalue weighted by molar-refractivity contribution is 0.396. The van der Waals surface area contributed by atoms with Crippen LogP contribution >= 0.6 is 15.9 Å². The maximum Gasteiger partial charge on any atom is 0.0766 e. The van der Waals surface area contributed by atoms with Gasteiger partial charge in [0.1, 0.15) is 0 Å².